The van der Waals surface area contributed by atoms with E-state index < -0.39 is 11.9 Å². The molecule has 0 spiro atoms. The second-order valence-electron chi connectivity index (χ2n) is 3.30. The lowest BCUT2D eigenvalue weighted by Crippen LogP contribution is -2.41. The first-order valence-electron chi connectivity index (χ1n) is 4.59. The van der Waals surface area contributed by atoms with Gasteiger partial charge in [-0.3, -0.25) is 9.59 Å². The van der Waals surface area contributed by atoms with Gasteiger partial charge in [0.15, 0.2) is 0 Å². The Morgan fingerprint density at radius 1 is 1.50 bits per heavy atom. The molecule has 1 aliphatic heterocycles. The fraction of sp³-hybridized carbons (Fsp3) is 0.600. The van der Waals surface area contributed by atoms with E-state index in [0.717, 1.165) is 6.42 Å². The lowest BCUT2D eigenvalue weighted by atomic mass is 9.98. The van der Waals surface area contributed by atoms with E-state index in [1.807, 2.05) is 0 Å². The summed E-state index contributed by atoms with van der Waals surface area (Å²) in [5.41, 5.74) is 0. The van der Waals surface area contributed by atoms with Gasteiger partial charge in [-0.2, -0.15) is 0 Å². The largest absolute Gasteiger partial charge is 0.481 e. The van der Waals surface area contributed by atoms with E-state index in [-0.39, 0.29) is 5.91 Å². The van der Waals surface area contributed by atoms with Crippen molar-refractivity contribution in [3.8, 4) is 11.8 Å². The Labute approximate surface area is 82.9 Å². The minimum Gasteiger partial charge on any atom is -0.481 e. The van der Waals surface area contributed by atoms with Crippen molar-refractivity contribution in [1.82, 2.24) is 4.90 Å². The summed E-state index contributed by atoms with van der Waals surface area (Å²) < 4.78 is 0. The van der Waals surface area contributed by atoms with Crippen LogP contribution in [-0.4, -0.2) is 35.0 Å². The lowest BCUT2D eigenvalue weighted by Gasteiger charge is -2.28. The predicted molar refractivity (Wildman–Crippen MR) is 50.4 cm³/mol. The summed E-state index contributed by atoms with van der Waals surface area (Å²) in [4.78, 5) is 23.5. The zero-order chi connectivity index (χ0) is 10.6. The van der Waals surface area contributed by atoms with Crippen molar-refractivity contribution in [3.05, 3.63) is 0 Å². The monoisotopic (exact) mass is 195 g/mol. The number of nitrogens with zero attached hydrogens (tertiary/aromatic N) is 1. The molecule has 1 N–H and O–H groups in total. The van der Waals surface area contributed by atoms with Crippen molar-refractivity contribution in [1.29, 1.82) is 0 Å². The molecule has 1 amide bonds. The van der Waals surface area contributed by atoms with Gasteiger partial charge in [0, 0.05) is 13.1 Å². The maximum atomic E-state index is 11.3. The Hall–Kier alpha value is -1.50. The molecular formula is C10H13NO3. The van der Waals surface area contributed by atoms with E-state index in [9.17, 15) is 9.59 Å². The molecule has 14 heavy (non-hydrogen) atoms. The van der Waals surface area contributed by atoms with Gasteiger partial charge in [-0.1, -0.05) is 5.92 Å². The number of hydrogen-bond donors (Lipinski definition) is 1. The number of carbonyl (C=O) groups is 2. The van der Waals surface area contributed by atoms with Crippen molar-refractivity contribution < 1.29 is 14.7 Å². The third-order valence-electron chi connectivity index (χ3n) is 2.29. The maximum absolute atomic E-state index is 11.3. The number of carbonyl (C=O) groups excluding carboxylic acids is 1. The molecule has 76 valence electrons. The second-order valence-corrected chi connectivity index (χ2v) is 3.30. The number of aliphatic carboxylic acids is 1. The van der Waals surface area contributed by atoms with E-state index in [1.165, 1.54) is 4.90 Å². The number of piperidine rings is 1. The third-order valence-corrected chi connectivity index (χ3v) is 2.29. The van der Waals surface area contributed by atoms with Crippen molar-refractivity contribution in [2.75, 3.05) is 13.1 Å². The topological polar surface area (TPSA) is 57.6 Å². The number of rotatable bonds is 1. The number of carboxylic acids is 1. The number of amides is 1. The minimum atomic E-state index is -0.827. The van der Waals surface area contributed by atoms with Gasteiger partial charge in [-0.05, 0) is 25.7 Å². The molecule has 1 atom stereocenters. The van der Waals surface area contributed by atoms with Crippen LogP contribution < -0.4 is 0 Å². The molecule has 1 rings (SSSR count). The minimum absolute atomic E-state index is 0.265. The molecule has 0 radical (unpaired) electrons. The zero-order valence-electron chi connectivity index (χ0n) is 8.12. The van der Waals surface area contributed by atoms with E-state index in [0.29, 0.717) is 19.5 Å². The molecule has 4 nitrogen and oxygen atoms in total. The fourth-order valence-corrected chi connectivity index (χ4v) is 1.55. The van der Waals surface area contributed by atoms with Gasteiger partial charge in [-0.15, -0.1) is 0 Å². The van der Waals surface area contributed by atoms with Crippen molar-refractivity contribution in [2.24, 2.45) is 5.92 Å². The molecule has 1 aliphatic rings. The van der Waals surface area contributed by atoms with Gasteiger partial charge in [0.2, 0.25) is 0 Å². The molecule has 0 aromatic rings. The van der Waals surface area contributed by atoms with Gasteiger partial charge in [0.25, 0.3) is 5.91 Å². The molecule has 0 aliphatic carbocycles. The van der Waals surface area contributed by atoms with Gasteiger partial charge in [0.1, 0.15) is 0 Å². The molecule has 1 heterocycles. The highest BCUT2D eigenvalue weighted by Crippen LogP contribution is 2.16. The van der Waals surface area contributed by atoms with Crippen LogP contribution in [0.2, 0.25) is 0 Å². The fourth-order valence-electron chi connectivity index (χ4n) is 1.55. The highest BCUT2D eigenvalue weighted by atomic mass is 16.4. The summed E-state index contributed by atoms with van der Waals surface area (Å²) in [6.07, 6.45) is 1.40. The van der Waals surface area contributed by atoms with Crippen LogP contribution in [0, 0.1) is 17.8 Å². The van der Waals surface area contributed by atoms with Crippen molar-refractivity contribution in [3.63, 3.8) is 0 Å². The summed E-state index contributed by atoms with van der Waals surface area (Å²) in [5.74, 6) is 3.42. The first-order valence-corrected chi connectivity index (χ1v) is 4.59. The molecule has 1 saturated heterocycles. The summed E-state index contributed by atoms with van der Waals surface area (Å²) >= 11 is 0. The second kappa shape index (κ2) is 4.66. The average Bonchev–Trinajstić information content (AvgIpc) is 2.18. The summed E-state index contributed by atoms with van der Waals surface area (Å²) in [6.45, 7) is 2.51. The van der Waals surface area contributed by atoms with Gasteiger partial charge < -0.3 is 10.0 Å². The van der Waals surface area contributed by atoms with Crippen LogP contribution in [0.5, 0.6) is 0 Å². The Balaban J connectivity index is 2.58. The van der Waals surface area contributed by atoms with Crippen LogP contribution >= 0.6 is 0 Å². The molecule has 0 bridgehead atoms. The molecule has 0 saturated carbocycles. The van der Waals surface area contributed by atoms with Gasteiger partial charge in [-0.25, -0.2) is 0 Å². The summed E-state index contributed by atoms with van der Waals surface area (Å²) in [7, 11) is 0. The maximum Gasteiger partial charge on any atom is 0.308 e. The first kappa shape index (κ1) is 10.6. The Morgan fingerprint density at radius 3 is 2.79 bits per heavy atom. The lowest BCUT2D eigenvalue weighted by molar-refractivity contribution is -0.144. The average molecular weight is 195 g/mol. The number of carboxylic acid groups (broad SMARTS) is 1. The predicted octanol–water partition coefficient (Wildman–Crippen LogP) is 0.333. The SMILES string of the molecule is CC#CC(=O)N1CCC[C@@H](C(=O)O)C1. The first-order chi connectivity index (χ1) is 6.65. The molecule has 1 fully saturated rings. The molecular weight excluding hydrogens is 182 g/mol. The van der Waals surface area contributed by atoms with Crippen LogP contribution in [0.25, 0.3) is 0 Å². The molecule has 0 aromatic heterocycles. The highest BCUT2D eigenvalue weighted by Gasteiger charge is 2.27. The van der Waals surface area contributed by atoms with Crippen LogP contribution in [0.1, 0.15) is 19.8 Å². The summed E-state index contributed by atoms with van der Waals surface area (Å²) in [6, 6.07) is 0. The quantitative estimate of drug-likeness (QED) is 0.613. The smallest absolute Gasteiger partial charge is 0.308 e. The highest BCUT2D eigenvalue weighted by molar-refractivity contribution is 5.93. The van der Waals surface area contributed by atoms with Gasteiger partial charge >= 0.3 is 5.97 Å². The Bertz CT molecular complexity index is 300. The Morgan fingerprint density at radius 2 is 2.21 bits per heavy atom. The standard InChI is InChI=1S/C10H13NO3/c1-2-4-9(12)11-6-3-5-8(7-11)10(13)14/h8H,3,5-7H2,1H3,(H,13,14)/t8-/m1/s1. The normalized spacial score (nSPS) is 20.9. The number of likely N-dealkylation sites (tertiary alicyclic amines) is 1. The van der Waals surface area contributed by atoms with E-state index in [2.05, 4.69) is 11.8 Å². The van der Waals surface area contributed by atoms with Gasteiger partial charge in [0.05, 0.1) is 5.92 Å². The van der Waals surface area contributed by atoms with Crippen LogP contribution in [0.3, 0.4) is 0 Å². The summed E-state index contributed by atoms with van der Waals surface area (Å²) in [5, 5.41) is 8.79. The van der Waals surface area contributed by atoms with E-state index in [1.54, 1.807) is 6.92 Å². The van der Waals surface area contributed by atoms with Crippen LogP contribution in [-0.2, 0) is 9.59 Å². The van der Waals surface area contributed by atoms with Crippen LogP contribution in [0.15, 0.2) is 0 Å². The molecule has 0 unspecified atom stereocenters. The van der Waals surface area contributed by atoms with Crippen molar-refractivity contribution in [2.45, 2.75) is 19.8 Å². The van der Waals surface area contributed by atoms with E-state index >= 15 is 0 Å². The Kier molecular flexibility index (Phi) is 3.52. The molecule has 4 heteroatoms. The van der Waals surface area contributed by atoms with Crippen LogP contribution in [0.4, 0.5) is 0 Å². The zero-order valence-corrected chi connectivity index (χ0v) is 8.12. The van der Waals surface area contributed by atoms with E-state index in [4.69, 9.17) is 5.11 Å². The molecule has 0 aromatic carbocycles. The van der Waals surface area contributed by atoms with Crippen molar-refractivity contribution >= 4 is 11.9 Å². The number of hydrogen-bond acceptors (Lipinski definition) is 2. The third kappa shape index (κ3) is 2.49.